The van der Waals surface area contributed by atoms with E-state index in [-0.39, 0.29) is 19.6 Å². The molecule has 2 aromatic rings. The Morgan fingerprint density at radius 3 is 2.53 bits per heavy atom. The number of rotatable bonds is 11. The maximum atomic E-state index is 14.6. The van der Waals surface area contributed by atoms with Crippen molar-refractivity contribution in [1.82, 2.24) is 0 Å². The van der Waals surface area contributed by atoms with Crippen molar-refractivity contribution in [3.63, 3.8) is 0 Å². The largest absolute Gasteiger partial charge is 0.463 e. The average Bonchev–Trinajstić information content (AvgIpc) is 3.36. The first kappa shape index (κ1) is 21.7. The molecule has 1 N–H and O–H groups in total. The number of fused-ring (bicyclic) bond motifs is 2. The van der Waals surface area contributed by atoms with Crippen LogP contribution in [0.25, 0.3) is 0 Å². The van der Waals surface area contributed by atoms with E-state index in [4.69, 9.17) is 14.2 Å². The summed E-state index contributed by atoms with van der Waals surface area (Å²) in [7, 11) is 0. The van der Waals surface area contributed by atoms with Gasteiger partial charge in [0, 0.05) is 22.9 Å². The summed E-state index contributed by atoms with van der Waals surface area (Å²) in [6.07, 6.45) is 3.34. The predicted molar refractivity (Wildman–Crippen MR) is 112 cm³/mol. The lowest BCUT2D eigenvalue weighted by Crippen LogP contribution is -2.48. The molecule has 0 saturated carbocycles. The van der Waals surface area contributed by atoms with Crippen LogP contribution in [0.3, 0.4) is 0 Å². The van der Waals surface area contributed by atoms with E-state index in [2.05, 4.69) is 5.32 Å². The Hall–Kier alpha value is -3.52. The molecule has 0 aliphatic carbocycles. The minimum Gasteiger partial charge on any atom is -0.463 e. The van der Waals surface area contributed by atoms with Gasteiger partial charge in [0.05, 0.1) is 6.04 Å². The lowest BCUT2D eigenvalue weighted by molar-refractivity contribution is -0.129. The van der Waals surface area contributed by atoms with Crippen molar-refractivity contribution in [1.29, 1.82) is 0 Å². The van der Waals surface area contributed by atoms with Crippen molar-refractivity contribution in [3.05, 3.63) is 89.0 Å². The highest BCUT2D eigenvalue weighted by Crippen LogP contribution is 2.47. The van der Waals surface area contributed by atoms with Gasteiger partial charge in [-0.3, -0.25) is 9.59 Å². The molecular formula is C24H21F2NO5. The summed E-state index contributed by atoms with van der Waals surface area (Å²) in [6.45, 7) is 0.552. The zero-order valence-electron chi connectivity index (χ0n) is 17.0. The molecule has 6 nitrogen and oxygen atoms in total. The third-order valence-electron chi connectivity index (χ3n) is 5.72. The quantitative estimate of drug-likeness (QED) is 0.426. The van der Waals surface area contributed by atoms with Crippen LogP contribution in [0.4, 0.5) is 14.5 Å². The highest BCUT2D eigenvalue weighted by molar-refractivity contribution is 5.54. The van der Waals surface area contributed by atoms with E-state index < -0.39 is 29.4 Å². The first-order valence-corrected chi connectivity index (χ1v) is 10.0. The number of anilines is 1. The third kappa shape index (κ3) is 4.13. The van der Waals surface area contributed by atoms with Gasteiger partial charge in [-0.25, -0.2) is 8.78 Å². The molecule has 3 unspecified atom stereocenters. The lowest BCUT2D eigenvalue weighted by Gasteiger charge is -2.37. The maximum absolute atomic E-state index is 14.6. The number of hydrogen-bond donors (Lipinski definition) is 1. The van der Waals surface area contributed by atoms with Crippen molar-refractivity contribution in [2.45, 2.75) is 24.2 Å². The Bertz CT molecular complexity index is 1060. The number of nitrogens with one attached hydrogen (secondary N) is 1. The van der Waals surface area contributed by atoms with Crippen molar-refractivity contribution in [2.75, 3.05) is 18.5 Å². The molecule has 0 amide bonds. The summed E-state index contributed by atoms with van der Waals surface area (Å²) in [6, 6.07) is 12.2. The fourth-order valence-corrected chi connectivity index (χ4v) is 4.28. The standard InChI is InChI=1S/C24H21F2NO5/c25-17-7-6-16(21(26)11-17)10-23(27-18-4-2-1-3-5-18)24-9-8-22(32-24)19(12-30-14-28)20(24)13-31-15-29/h1-9,11,14-15,22-23,27H,10,12-13H2. The van der Waals surface area contributed by atoms with E-state index in [1.807, 2.05) is 42.5 Å². The fraction of sp³-hybridized carbons (Fsp3) is 0.250. The van der Waals surface area contributed by atoms with Gasteiger partial charge in [0.2, 0.25) is 0 Å². The van der Waals surface area contributed by atoms with Gasteiger partial charge < -0.3 is 19.5 Å². The lowest BCUT2D eigenvalue weighted by atomic mass is 9.79. The van der Waals surface area contributed by atoms with Crippen LogP contribution in [0.15, 0.2) is 71.8 Å². The molecule has 0 spiro atoms. The number of carbonyl (C=O) groups is 2. The molecule has 2 bridgehead atoms. The Balaban J connectivity index is 1.75. The Labute approximate surface area is 183 Å². The smallest absolute Gasteiger partial charge is 0.293 e. The molecule has 2 aromatic carbocycles. The topological polar surface area (TPSA) is 73.9 Å². The van der Waals surface area contributed by atoms with Crippen molar-refractivity contribution < 1.29 is 32.6 Å². The molecule has 166 valence electrons. The van der Waals surface area contributed by atoms with Crippen LogP contribution >= 0.6 is 0 Å². The molecule has 32 heavy (non-hydrogen) atoms. The molecule has 8 heteroatoms. The van der Waals surface area contributed by atoms with Crippen LogP contribution in [0.2, 0.25) is 0 Å². The molecule has 3 atom stereocenters. The minimum absolute atomic E-state index is 0.0270. The molecule has 0 radical (unpaired) electrons. The van der Waals surface area contributed by atoms with Gasteiger partial charge in [-0.05, 0) is 36.3 Å². The first-order valence-electron chi connectivity index (χ1n) is 10.0. The van der Waals surface area contributed by atoms with Gasteiger partial charge in [0.25, 0.3) is 12.9 Å². The Kier molecular flexibility index (Phi) is 6.32. The van der Waals surface area contributed by atoms with E-state index in [9.17, 15) is 18.4 Å². The van der Waals surface area contributed by atoms with Crippen molar-refractivity contribution in [2.24, 2.45) is 0 Å². The first-order chi connectivity index (χ1) is 15.6. The van der Waals surface area contributed by atoms with E-state index >= 15 is 0 Å². The number of hydrogen-bond acceptors (Lipinski definition) is 6. The molecular weight excluding hydrogens is 420 g/mol. The van der Waals surface area contributed by atoms with Crippen LogP contribution in [-0.2, 0) is 30.2 Å². The van der Waals surface area contributed by atoms with Gasteiger partial charge >= 0.3 is 0 Å². The zero-order valence-corrected chi connectivity index (χ0v) is 17.0. The summed E-state index contributed by atoms with van der Waals surface area (Å²) in [5.41, 5.74) is 1.26. The molecule has 0 fully saturated rings. The molecule has 4 rings (SSSR count). The average molecular weight is 441 g/mol. The second-order valence-electron chi connectivity index (χ2n) is 7.51. The summed E-state index contributed by atoms with van der Waals surface area (Å²) >= 11 is 0. The van der Waals surface area contributed by atoms with E-state index in [0.29, 0.717) is 29.7 Å². The summed E-state index contributed by atoms with van der Waals surface area (Å²) in [5.74, 6) is -1.33. The van der Waals surface area contributed by atoms with Crippen LogP contribution in [0, 0.1) is 11.6 Å². The number of ether oxygens (including phenoxy) is 3. The maximum Gasteiger partial charge on any atom is 0.293 e. The predicted octanol–water partition coefficient (Wildman–Crippen LogP) is 3.34. The van der Waals surface area contributed by atoms with Crippen LogP contribution in [-0.4, -0.2) is 43.9 Å². The van der Waals surface area contributed by atoms with Crippen molar-refractivity contribution in [3.8, 4) is 0 Å². The molecule has 2 heterocycles. The Morgan fingerprint density at radius 1 is 1.06 bits per heavy atom. The second kappa shape index (κ2) is 9.32. The minimum atomic E-state index is -1.09. The summed E-state index contributed by atoms with van der Waals surface area (Å²) in [4.78, 5) is 21.7. The normalized spacial score (nSPS) is 22.0. The van der Waals surface area contributed by atoms with Gasteiger partial charge in [0.15, 0.2) is 0 Å². The van der Waals surface area contributed by atoms with E-state index in [1.54, 1.807) is 0 Å². The van der Waals surface area contributed by atoms with Crippen LogP contribution < -0.4 is 5.32 Å². The molecule has 2 aliphatic rings. The Morgan fingerprint density at radius 2 is 1.81 bits per heavy atom. The fourth-order valence-electron chi connectivity index (χ4n) is 4.28. The molecule has 0 saturated heterocycles. The highest BCUT2D eigenvalue weighted by Gasteiger charge is 2.53. The van der Waals surface area contributed by atoms with Gasteiger partial charge in [0.1, 0.15) is 36.6 Å². The van der Waals surface area contributed by atoms with Crippen LogP contribution in [0.5, 0.6) is 0 Å². The summed E-state index contributed by atoms with van der Waals surface area (Å²) < 4.78 is 44.3. The number of benzene rings is 2. The van der Waals surface area contributed by atoms with Gasteiger partial charge in [-0.15, -0.1) is 0 Å². The number of para-hydroxylation sites is 1. The number of carbonyl (C=O) groups excluding carboxylic acids is 2. The van der Waals surface area contributed by atoms with Gasteiger partial charge in [-0.1, -0.05) is 30.3 Å². The van der Waals surface area contributed by atoms with Crippen molar-refractivity contribution >= 4 is 18.6 Å². The number of halogens is 2. The monoisotopic (exact) mass is 441 g/mol. The second-order valence-corrected chi connectivity index (χ2v) is 7.51. The highest BCUT2D eigenvalue weighted by atomic mass is 19.1. The third-order valence-corrected chi connectivity index (χ3v) is 5.72. The van der Waals surface area contributed by atoms with E-state index in [1.165, 1.54) is 12.1 Å². The van der Waals surface area contributed by atoms with Gasteiger partial charge in [-0.2, -0.15) is 0 Å². The zero-order chi connectivity index (χ0) is 22.6. The molecule has 0 aromatic heterocycles. The molecule has 2 aliphatic heterocycles. The van der Waals surface area contributed by atoms with Crippen LogP contribution in [0.1, 0.15) is 5.56 Å². The van der Waals surface area contributed by atoms with E-state index in [0.717, 1.165) is 11.8 Å². The SMILES string of the molecule is O=COCC1=C(COC=O)C2(C(Cc3ccc(F)cc3F)Nc3ccccc3)C=CC1O2. The summed E-state index contributed by atoms with van der Waals surface area (Å²) in [5, 5.41) is 3.39.